The molecule has 0 aromatic rings. The zero-order valence-corrected chi connectivity index (χ0v) is 9.99. The van der Waals surface area contributed by atoms with Gasteiger partial charge >= 0.3 is 5.97 Å². The molecule has 4 heteroatoms. The summed E-state index contributed by atoms with van der Waals surface area (Å²) in [4.78, 5) is 11.3. The molecule has 0 aliphatic carbocycles. The molecular formula is C11H23NO3. The van der Waals surface area contributed by atoms with Crippen LogP contribution in [0.4, 0.5) is 0 Å². The Morgan fingerprint density at radius 3 is 2.47 bits per heavy atom. The van der Waals surface area contributed by atoms with Gasteiger partial charge in [0, 0.05) is 6.61 Å². The highest BCUT2D eigenvalue weighted by molar-refractivity contribution is 5.75. The van der Waals surface area contributed by atoms with Gasteiger partial charge in [0.25, 0.3) is 0 Å². The topological polar surface area (TPSA) is 61.5 Å². The van der Waals surface area contributed by atoms with Gasteiger partial charge in [-0.25, -0.2) is 0 Å². The Bertz CT molecular complexity index is 171. The van der Waals surface area contributed by atoms with Crippen molar-refractivity contribution in [3.8, 4) is 0 Å². The Balaban J connectivity index is 3.47. The fourth-order valence-electron chi connectivity index (χ4n) is 1.16. The fraction of sp³-hybridized carbons (Fsp3) is 0.909. The molecule has 2 N–H and O–H groups in total. The molecule has 0 saturated carbocycles. The van der Waals surface area contributed by atoms with Crippen molar-refractivity contribution >= 4 is 5.97 Å². The molecule has 0 aromatic carbocycles. The van der Waals surface area contributed by atoms with Crippen LogP contribution in [0.5, 0.6) is 0 Å². The summed E-state index contributed by atoms with van der Waals surface area (Å²) in [6.45, 7) is 7.54. The van der Waals surface area contributed by atoms with Crippen molar-refractivity contribution in [2.24, 2.45) is 11.7 Å². The summed E-state index contributed by atoms with van der Waals surface area (Å²) in [5.41, 5.74) is 5.64. The van der Waals surface area contributed by atoms with Gasteiger partial charge in [-0.1, -0.05) is 20.8 Å². The predicted octanol–water partition coefficient (Wildman–Crippen LogP) is 1.33. The quantitative estimate of drug-likeness (QED) is 0.492. The van der Waals surface area contributed by atoms with E-state index in [1.54, 1.807) is 0 Å². The number of nitrogens with two attached hydrogens (primary N) is 1. The number of hydrogen-bond acceptors (Lipinski definition) is 4. The Morgan fingerprint density at radius 1 is 1.27 bits per heavy atom. The van der Waals surface area contributed by atoms with Gasteiger partial charge in [-0.15, -0.1) is 0 Å². The molecule has 0 unspecified atom stereocenters. The van der Waals surface area contributed by atoms with Crippen LogP contribution < -0.4 is 5.73 Å². The van der Waals surface area contributed by atoms with Crippen LogP contribution in [0.25, 0.3) is 0 Å². The van der Waals surface area contributed by atoms with E-state index in [2.05, 4.69) is 0 Å². The van der Waals surface area contributed by atoms with Gasteiger partial charge in [0.2, 0.25) is 0 Å². The van der Waals surface area contributed by atoms with Crippen molar-refractivity contribution in [1.82, 2.24) is 0 Å². The molecule has 0 bridgehead atoms. The van der Waals surface area contributed by atoms with Crippen molar-refractivity contribution in [3.05, 3.63) is 0 Å². The Labute approximate surface area is 92.1 Å². The smallest absolute Gasteiger partial charge is 0.322 e. The van der Waals surface area contributed by atoms with E-state index < -0.39 is 6.04 Å². The minimum atomic E-state index is -0.504. The first kappa shape index (κ1) is 14.4. The molecule has 0 radical (unpaired) electrons. The third kappa shape index (κ3) is 8.39. The van der Waals surface area contributed by atoms with Gasteiger partial charge in [0.05, 0.1) is 6.61 Å². The van der Waals surface area contributed by atoms with Gasteiger partial charge in [-0.2, -0.15) is 0 Å². The summed E-state index contributed by atoms with van der Waals surface area (Å²) in [7, 11) is 0. The minimum absolute atomic E-state index is 0.296. The first-order valence-corrected chi connectivity index (χ1v) is 5.57. The van der Waals surface area contributed by atoms with Crippen LogP contribution in [0.3, 0.4) is 0 Å². The summed E-state index contributed by atoms with van der Waals surface area (Å²) < 4.78 is 10.1. The van der Waals surface area contributed by atoms with Gasteiger partial charge < -0.3 is 15.2 Å². The van der Waals surface area contributed by atoms with Crippen molar-refractivity contribution in [2.45, 2.75) is 39.7 Å². The van der Waals surface area contributed by atoms with Crippen LogP contribution in [-0.2, 0) is 14.3 Å². The molecule has 0 heterocycles. The number of carbonyl (C=O) groups is 1. The summed E-state index contributed by atoms with van der Waals surface area (Å²) >= 11 is 0. The highest BCUT2D eigenvalue weighted by Gasteiger charge is 2.15. The van der Waals surface area contributed by atoms with Crippen molar-refractivity contribution in [2.75, 3.05) is 19.8 Å². The SMILES string of the molecule is CCCOCCOC(=O)[C@@H](N)CC(C)C. The number of esters is 1. The van der Waals surface area contributed by atoms with Gasteiger partial charge in [0.15, 0.2) is 0 Å². The third-order valence-corrected chi connectivity index (χ3v) is 1.85. The molecule has 0 amide bonds. The number of hydrogen-bond donors (Lipinski definition) is 1. The second kappa shape index (κ2) is 8.68. The standard InChI is InChI=1S/C11H23NO3/c1-4-5-14-6-7-15-11(13)10(12)8-9(2)3/h9-10H,4-8,12H2,1-3H3/t10-/m0/s1. The van der Waals surface area contributed by atoms with E-state index in [1.807, 2.05) is 20.8 Å². The Kier molecular flexibility index (Phi) is 8.33. The maximum atomic E-state index is 11.3. The lowest BCUT2D eigenvalue weighted by Crippen LogP contribution is -2.34. The van der Waals surface area contributed by atoms with E-state index in [4.69, 9.17) is 15.2 Å². The second-order valence-electron chi connectivity index (χ2n) is 4.02. The molecule has 0 aliphatic heterocycles. The molecule has 0 spiro atoms. The van der Waals surface area contributed by atoms with Crippen LogP contribution in [0.15, 0.2) is 0 Å². The molecule has 0 rings (SSSR count). The van der Waals surface area contributed by atoms with Crippen molar-refractivity contribution < 1.29 is 14.3 Å². The monoisotopic (exact) mass is 217 g/mol. The molecule has 1 atom stereocenters. The van der Waals surface area contributed by atoms with Gasteiger partial charge in [-0.3, -0.25) is 4.79 Å². The van der Waals surface area contributed by atoms with Crippen molar-refractivity contribution in [1.29, 1.82) is 0 Å². The van der Waals surface area contributed by atoms with Crippen LogP contribution in [-0.4, -0.2) is 31.8 Å². The largest absolute Gasteiger partial charge is 0.462 e. The zero-order chi connectivity index (χ0) is 11.7. The van der Waals surface area contributed by atoms with Crippen LogP contribution in [0.2, 0.25) is 0 Å². The minimum Gasteiger partial charge on any atom is -0.462 e. The van der Waals surface area contributed by atoms with Crippen LogP contribution >= 0.6 is 0 Å². The Hall–Kier alpha value is -0.610. The van der Waals surface area contributed by atoms with E-state index in [-0.39, 0.29) is 5.97 Å². The molecule has 0 saturated heterocycles. The summed E-state index contributed by atoms with van der Waals surface area (Å²) in [6.07, 6.45) is 1.63. The predicted molar refractivity (Wildman–Crippen MR) is 59.5 cm³/mol. The third-order valence-electron chi connectivity index (χ3n) is 1.85. The van der Waals surface area contributed by atoms with E-state index in [9.17, 15) is 4.79 Å². The highest BCUT2D eigenvalue weighted by atomic mass is 16.6. The van der Waals surface area contributed by atoms with E-state index in [0.717, 1.165) is 6.42 Å². The number of ether oxygens (including phenoxy) is 2. The molecule has 0 fully saturated rings. The summed E-state index contributed by atoms with van der Waals surface area (Å²) in [5, 5.41) is 0. The second-order valence-corrected chi connectivity index (χ2v) is 4.02. The maximum Gasteiger partial charge on any atom is 0.322 e. The summed E-state index contributed by atoms with van der Waals surface area (Å²) in [6, 6.07) is -0.504. The first-order chi connectivity index (χ1) is 7.07. The molecular weight excluding hydrogens is 194 g/mol. The molecule has 0 aliphatic rings. The van der Waals surface area contributed by atoms with E-state index in [1.165, 1.54) is 0 Å². The Morgan fingerprint density at radius 2 is 1.93 bits per heavy atom. The van der Waals surface area contributed by atoms with Crippen molar-refractivity contribution in [3.63, 3.8) is 0 Å². The fourth-order valence-corrected chi connectivity index (χ4v) is 1.16. The highest BCUT2D eigenvalue weighted by Crippen LogP contribution is 2.03. The van der Waals surface area contributed by atoms with Gasteiger partial charge in [-0.05, 0) is 18.8 Å². The molecule has 15 heavy (non-hydrogen) atoms. The van der Waals surface area contributed by atoms with E-state index >= 15 is 0 Å². The van der Waals surface area contributed by atoms with Crippen LogP contribution in [0, 0.1) is 5.92 Å². The number of rotatable bonds is 8. The number of carbonyl (C=O) groups excluding carboxylic acids is 1. The normalized spacial score (nSPS) is 12.9. The van der Waals surface area contributed by atoms with Crippen LogP contribution in [0.1, 0.15) is 33.6 Å². The molecule has 0 aromatic heterocycles. The average Bonchev–Trinajstić information content (AvgIpc) is 2.16. The summed E-state index contributed by atoms with van der Waals surface area (Å²) in [5.74, 6) is 0.0766. The van der Waals surface area contributed by atoms with Gasteiger partial charge in [0.1, 0.15) is 12.6 Å². The molecule has 4 nitrogen and oxygen atoms in total. The van der Waals surface area contributed by atoms with E-state index in [0.29, 0.717) is 32.2 Å². The lowest BCUT2D eigenvalue weighted by atomic mass is 10.1. The lowest BCUT2D eigenvalue weighted by Gasteiger charge is -2.13. The molecule has 90 valence electrons. The zero-order valence-electron chi connectivity index (χ0n) is 9.99. The maximum absolute atomic E-state index is 11.3. The lowest BCUT2D eigenvalue weighted by molar-refractivity contribution is -0.147. The average molecular weight is 217 g/mol. The first-order valence-electron chi connectivity index (χ1n) is 5.57.